The van der Waals surface area contributed by atoms with E-state index in [1.165, 1.54) is 64.6 Å². The molecule has 0 aromatic rings. The predicted octanol–water partition coefficient (Wildman–Crippen LogP) is 3.42. The number of hydrogen-bond donors (Lipinski definition) is 1. The monoisotopic (exact) mass is 252 g/mol. The van der Waals surface area contributed by atoms with E-state index in [1.807, 2.05) is 0 Å². The van der Waals surface area contributed by atoms with E-state index >= 15 is 0 Å². The molecule has 18 heavy (non-hydrogen) atoms. The van der Waals surface area contributed by atoms with E-state index in [0.29, 0.717) is 5.41 Å². The molecule has 0 aromatic carbocycles. The minimum Gasteiger partial charge on any atom is -0.314 e. The van der Waals surface area contributed by atoms with Crippen molar-refractivity contribution in [1.82, 2.24) is 10.2 Å². The summed E-state index contributed by atoms with van der Waals surface area (Å²) in [5.74, 6) is 0. The first-order valence-electron chi connectivity index (χ1n) is 8.08. The van der Waals surface area contributed by atoms with Crippen molar-refractivity contribution >= 4 is 0 Å². The summed E-state index contributed by atoms with van der Waals surface area (Å²) in [5, 5.41) is 3.68. The Labute approximate surface area is 114 Å². The SMILES string of the molecule is CCCNC1CCN(C2CCCC(C)(C)C2)CC1. The summed E-state index contributed by atoms with van der Waals surface area (Å²) in [6, 6.07) is 1.67. The van der Waals surface area contributed by atoms with Crippen LogP contribution in [0.4, 0.5) is 0 Å². The van der Waals surface area contributed by atoms with Crippen LogP contribution in [0.15, 0.2) is 0 Å². The van der Waals surface area contributed by atoms with Gasteiger partial charge in [0.15, 0.2) is 0 Å². The van der Waals surface area contributed by atoms with E-state index in [0.717, 1.165) is 12.1 Å². The van der Waals surface area contributed by atoms with Crippen LogP contribution in [0.25, 0.3) is 0 Å². The summed E-state index contributed by atoms with van der Waals surface area (Å²) in [4.78, 5) is 2.78. The van der Waals surface area contributed by atoms with Gasteiger partial charge in [0.05, 0.1) is 0 Å². The normalized spacial score (nSPS) is 30.5. The van der Waals surface area contributed by atoms with Crippen molar-refractivity contribution in [2.75, 3.05) is 19.6 Å². The van der Waals surface area contributed by atoms with Crippen LogP contribution in [0.3, 0.4) is 0 Å². The molecular formula is C16H32N2. The Kier molecular flexibility index (Phi) is 5.08. The Morgan fingerprint density at radius 2 is 1.89 bits per heavy atom. The maximum atomic E-state index is 3.68. The van der Waals surface area contributed by atoms with E-state index in [-0.39, 0.29) is 0 Å². The molecule has 1 N–H and O–H groups in total. The molecule has 1 saturated heterocycles. The minimum absolute atomic E-state index is 0.584. The topological polar surface area (TPSA) is 15.3 Å². The van der Waals surface area contributed by atoms with Gasteiger partial charge in [0.25, 0.3) is 0 Å². The molecule has 2 aliphatic rings. The van der Waals surface area contributed by atoms with Crippen LogP contribution in [-0.2, 0) is 0 Å². The molecular weight excluding hydrogens is 220 g/mol. The molecule has 0 aromatic heterocycles. The van der Waals surface area contributed by atoms with Crippen LogP contribution in [0.5, 0.6) is 0 Å². The number of nitrogens with zero attached hydrogens (tertiary/aromatic N) is 1. The standard InChI is InChI=1S/C16H32N2/c1-4-10-17-14-7-11-18(12-8-14)15-6-5-9-16(2,3)13-15/h14-15,17H,4-13H2,1-3H3. The van der Waals surface area contributed by atoms with Crippen LogP contribution in [-0.4, -0.2) is 36.6 Å². The molecule has 1 atom stereocenters. The van der Waals surface area contributed by atoms with E-state index in [4.69, 9.17) is 0 Å². The van der Waals surface area contributed by atoms with E-state index in [9.17, 15) is 0 Å². The smallest absolute Gasteiger partial charge is 0.0100 e. The van der Waals surface area contributed by atoms with Crippen LogP contribution >= 0.6 is 0 Å². The van der Waals surface area contributed by atoms with Gasteiger partial charge < -0.3 is 10.2 Å². The fourth-order valence-electron chi connectivity index (χ4n) is 3.79. The second-order valence-electron chi connectivity index (χ2n) is 7.18. The molecule has 0 radical (unpaired) electrons. The first-order valence-corrected chi connectivity index (χ1v) is 8.08. The molecule has 2 fully saturated rings. The van der Waals surface area contributed by atoms with Crippen molar-refractivity contribution in [2.24, 2.45) is 5.41 Å². The quantitative estimate of drug-likeness (QED) is 0.825. The number of hydrogen-bond acceptors (Lipinski definition) is 2. The van der Waals surface area contributed by atoms with Gasteiger partial charge in [0, 0.05) is 12.1 Å². The first-order chi connectivity index (χ1) is 8.61. The summed E-state index contributed by atoms with van der Waals surface area (Å²) in [5.41, 5.74) is 0.584. The van der Waals surface area contributed by atoms with Gasteiger partial charge in [-0.15, -0.1) is 0 Å². The summed E-state index contributed by atoms with van der Waals surface area (Å²) in [7, 11) is 0. The third-order valence-corrected chi connectivity index (χ3v) is 4.91. The predicted molar refractivity (Wildman–Crippen MR) is 78.9 cm³/mol. The van der Waals surface area contributed by atoms with Crippen molar-refractivity contribution in [3.63, 3.8) is 0 Å². The maximum Gasteiger partial charge on any atom is 0.0100 e. The summed E-state index contributed by atoms with van der Waals surface area (Å²) < 4.78 is 0. The van der Waals surface area contributed by atoms with Gasteiger partial charge in [-0.25, -0.2) is 0 Å². The zero-order valence-corrected chi connectivity index (χ0v) is 12.7. The molecule has 0 spiro atoms. The molecule has 0 amide bonds. The molecule has 1 aliphatic heterocycles. The molecule has 2 nitrogen and oxygen atoms in total. The third kappa shape index (κ3) is 3.96. The number of nitrogens with one attached hydrogen (secondary N) is 1. The van der Waals surface area contributed by atoms with Crippen molar-refractivity contribution < 1.29 is 0 Å². The van der Waals surface area contributed by atoms with Gasteiger partial charge in [-0.05, 0) is 63.6 Å². The minimum atomic E-state index is 0.584. The van der Waals surface area contributed by atoms with Crippen LogP contribution in [0.1, 0.15) is 65.7 Å². The first kappa shape index (κ1) is 14.3. The zero-order chi connectivity index (χ0) is 13.0. The van der Waals surface area contributed by atoms with Gasteiger partial charge in [-0.2, -0.15) is 0 Å². The highest BCUT2D eigenvalue weighted by atomic mass is 15.2. The fraction of sp³-hybridized carbons (Fsp3) is 1.00. The molecule has 1 aliphatic carbocycles. The van der Waals surface area contributed by atoms with Crippen LogP contribution in [0.2, 0.25) is 0 Å². The van der Waals surface area contributed by atoms with Crippen molar-refractivity contribution in [2.45, 2.75) is 77.8 Å². The number of rotatable bonds is 4. The average molecular weight is 252 g/mol. The molecule has 2 rings (SSSR count). The fourth-order valence-corrected chi connectivity index (χ4v) is 3.79. The summed E-state index contributed by atoms with van der Waals surface area (Å²) in [6.45, 7) is 11.0. The molecule has 1 heterocycles. The largest absolute Gasteiger partial charge is 0.314 e. The number of piperidine rings is 1. The maximum absolute atomic E-state index is 3.68. The lowest BCUT2D eigenvalue weighted by Crippen LogP contribution is -2.48. The van der Waals surface area contributed by atoms with Crippen LogP contribution in [0, 0.1) is 5.41 Å². The zero-order valence-electron chi connectivity index (χ0n) is 12.7. The van der Waals surface area contributed by atoms with Crippen LogP contribution < -0.4 is 5.32 Å². The highest BCUT2D eigenvalue weighted by Gasteiger charge is 2.32. The lowest BCUT2D eigenvalue weighted by molar-refractivity contribution is 0.0712. The second-order valence-corrected chi connectivity index (χ2v) is 7.18. The van der Waals surface area contributed by atoms with Gasteiger partial charge in [0.1, 0.15) is 0 Å². The summed E-state index contributed by atoms with van der Waals surface area (Å²) >= 11 is 0. The van der Waals surface area contributed by atoms with Crippen molar-refractivity contribution in [3.8, 4) is 0 Å². The van der Waals surface area contributed by atoms with Gasteiger partial charge in [0.2, 0.25) is 0 Å². The van der Waals surface area contributed by atoms with Crippen molar-refractivity contribution in [1.29, 1.82) is 0 Å². The summed E-state index contributed by atoms with van der Waals surface area (Å²) in [6.07, 6.45) is 9.70. The molecule has 2 heteroatoms. The Bertz CT molecular complexity index is 241. The Morgan fingerprint density at radius 3 is 2.50 bits per heavy atom. The highest BCUT2D eigenvalue weighted by Crippen LogP contribution is 2.37. The molecule has 1 saturated carbocycles. The van der Waals surface area contributed by atoms with Gasteiger partial charge in [-0.3, -0.25) is 0 Å². The van der Waals surface area contributed by atoms with E-state index in [2.05, 4.69) is 31.0 Å². The average Bonchev–Trinajstić information content (AvgIpc) is 2.36. The Hall–Kier alpha value is -0.0800. The molecule has 1 unspecified atom stereocenters. The molecule has 0 bridgehead atoms. The lowest BCUT2D eigenvalue weighted by atomic mass is 9.74. The van der Waals surface area contributed by atoms with E-state index < -0.39 is 0 Å². The van der Waals surface area contributed by atoms with E-state index in [1.54, 1.807) is 0 Å². The van der Waals surface area contributed by atoms with Crippen molar-refractivity contribution in [3.05, 3.63) is 0 Å². The van der Waals surface area contributed by atoms with Gasteiger partial charge in [-0.1, -0.05) is 27.2 Å². The number of likely N-dealkylation sites (tertiary alicyclic amines) is 1. The molecule has 106 valence electrons. The third-order valence-electron chi connectivity index (χ3n) is 4.91. The Morgan fingerprint density at radius 1 is 1.17 bits per heavy atom. The second kappa shape index (κ2) is 6.38. The highest BCUT2D eigenvalue weighted by molar-refractivity contribution is 4.88. The lowest BCUT2D eigenvalue weighted by Gasteiger charge is -2.44. The Balaban J connectivity index is 1.75. The van der Waals surface area contributed by atoms with Gasteiger partial charge >= 0.3 is 0 Å².